The standard InChI is InChI=1S/C13H17NO3/c1-2-5-14-13(15)9-10-3-4-11-12(8-10)17-7-6-16-11/h3-4,8H,2,5-7,9H2,1H3,(H,14,15). The van der Waals surface area contributed by atoms with E-state index in [2.05, 4.69) is 5.32 Å². The minimum atomic E-state index is 0.0449. The maximum absolute atomic E-state index is 11.6. The van der Waals surface area contributed by atoms with Gasteiger partial charge < -0.3 is 14.8 Å². The Bertz CT molecular complexity index is 404. The first-order chi connectivity index (χ1) is 8.29. The van der Waals surface area contributed by atoms with Crippen molar-refractivity contribution in [2.45, 2.75) is 19.8 Å². The normalized spacial score (nSPS) is 13.2. The molecule has 0 fully saturated rings. The van der Waals surface area contributed by atoms with Gasteiger partial charge >= 0.3 is 0 Å². The highest BCUT2D eigenvalue weighted by Gasteiger charge is 2.12. The Kier molecular flexibility index (Phi) is 3.85. The highest BCUT2D eigenvalue weighted by Crippen LogP contribution is 2.30. The number of hydrogen-bond donors (Lipinski definition) is 1. The Morgan fingerprint density at radius 2 is 2.06 bits per heavy atom. The van der Waals surface area contributed by atoms with Crippen LogP contribution in [0.25, 0.3) is 0 Å². The summed E-state index contributed by atoms with van der Waals surface area (Å²) in [7, 11) is 0. The average Bonchev–Trinajstić information content (AvgIpc) is 2.36. The summed E-state index contributed by atoms with van der Waals surface area (Å²) in [6.45, 7) is 3.91. The highest BCUT2D eigenvalue weighted by molar-refractivity contribution is 5.78. The summed E-state index contributed by atoms with van der Waals surface area (Å²) in [5.41, 5.74) is 0.947. The first-order valence-corrected chi connectivity index (χ1v) is 5.95. The second-order valence-corrected chi connectivity index (χ2v) is 4.00. The number of amides is 1. The molecule has 1 aromatic rings. The van der Waals surface area contributed by atoms with Crippen LogP contribution in [0.3, 0.4) is 0 Å². The fourth-order valence-corrected chi connectivity index (χ4v) is 1.71. The highest BCUT2D eigenvalue weighted by atomic mass is 16.6. The summed E-state index contributed by atoms with van der Waals surface area (Å²) < 4.78 is 10.9. The van der Waals surface area contributed by atoms with E-state index in [1.807, 2.05) is 25.1 Å². The fraction of sp³-hybridized carbons (Fsp3) is 0.462. The molecule has 1 aromatic carbocycles. The smallest absolute Gasteiger partial charge is 0.224 e. The Labute approximate surface area is 101 Å². The number of carbonyl (C=O) groups excluding carboxylic acids is 1. The monoisotopic (exact) mass is 235 g/mol. The van der Waals surface area contributed by atoms with Gasteiger partial charge in [0.1, 0.15) is 13.2 Å². The lowest BCUT2D eigenvalue weighted by Gasteiger charge is -2.18. The van der Waals surface area contributed by atoms with Crippen LogP contribution in [0.5, 0.6) is 11.5 Å². The molecule has 0 radical (unpaired) electrons. The summed E-state index contributed by atoms with van der Waals surface area (Å²) in [4.78, 5) is 11.6. The second-order valence-electron chi connectivity index (χ2n) is 4.00. The fourth-order valence-electron chi connectivity index (χ4n) is 1.71. The van der Waals surface area contributed by atoms with Crippen LogP contribution < -0.4 is 14.8 Å². The van der Waals surface area contributed by atoms with Crippen molar-refractivity contribution in [1.82, 2.24) is 5.32 Å². The number of nitrogens with one attached hydrogen (secondary N) is 1. The van der Waals surface area contributed by atoms with E-state index in [-0.39, 0.29) is 5.91 Å². The third-order valence-corrected chi connectivity index (χ3v) is 2.54. The van der Waals surface area contributed by atoms with E-state index in [9.17, 15) is 4.79 Å². The molecule has 17 heavy (non-hydrogen) atoms. The van der Waals surface area contributed by atoms with Crippen molar-refractivity contribution in [3.63, 3.8) is 0 Å². The lowest BCUT2D eigenvalue weighted by atomic mass is 10.1. The molecule has 92 valence electrons. The molecule has 0 atom stereocenters. The van der Waals surface area contributed by atoms with Crippen molar-refractivity contribution in [3.05, 3.63) is 23.8 Å². The third kappa shape index (κ3) is 3.12. The van der Waals surface area contributed by atoms with E-state index in [1.54, 1.807) is 0 Å². The van der Waals surface area contributed by atoms with Crippen LogP contribution in [-0.4, -0.2) is 25.7 Å². The van der Waals surface area contributed by atoms with Crippen LogP contribution >= 0.6 is 0 Å². The summed E-state index contributed by atoms with van der Waals surface area (Å²) in [5.74, 6) is 1.54. The van der Waals surface area contributed by atoms with Crippen LogP contribution in [0.4, 0.5) is 0 Å². The first kappa shape index (κ1) is 11.8. The Morgan fingerprint density at radius 3 is 2.82 bits per heavy atom. The maximum Gasteiger partial charge on any atom is 0.224 e. The summed E-state index contributed by atoms with van der Waals surface area (Å²) >= 11 is 0. The Hall–Kier alpha value is -1.71. The number of hydrogen-bond acceptors (Lipinski definition) is 3. The molecule has 0 saturated heterocycles. The summed E-state index contributed by atoms with van der Waals surface area (Å²) in [6, 6.07) is 5.63. The maximum atomic E-state index is 11.6. The van der Waals surface area contributed by atoms with Gasteiger partial charge in [0.25, 0.3) is 0 Å². The number of carbonyl (C=O) groups is 1. The van der Waals surface area contributed by atoms with Crippen LogP contribution in [-0.2, 0) is 11.2 Å². The van der Waals surface area contributed by atoms with Crippen molar-refractivity contribution in [1.29, 1.82) is 0 Å². The number of rotatable bonds is 4. The molecule has 1 aliphatic rings. The van der Waals surface area contributed by atoms with Crippen LogP contribution in [0.15, 0.2) is 18.2 Å². The molecule has 1 aliphatic heterocycles. The zero-order valence-electron chi connectivity index (χ0n) is 9.99. The van der Waals surface area contributed by atoms with Gasteiger partial charge in [0.15, 0.2) is 11.5 Å². The minimum absolute atomic E-state index is 0.0449. The van der Waals surface area contributed by atoms with E-state index in [0.29, 0.717) is 19.6 Å². The number of ether oxygens (including phenoxy) is 2. The van der Waals surface area contributed by atoms with Crippen LogP contribution in [0.1, 0.15) is 18.9 Å². The molecule has 0 aromatic heterocycles. The lowest BCUT2D eigenvalue weighted by molar-refractivity contribution is -0.120. The van der Waals surface area contributed by atoms with Gasteiger partial charge in [-0.1, -0.05) is 13.0 Å². The van der Waals surface area contributed by atoms with Crippen molar-refractivity contribution < 1.29 is 14.3 Å². The molecule has 4 nitrogen and oxygen atoms in total. The van der Waals surface area contributed by atoms with E-state index in [0.717, 1.165) is 30.0 Å². The minimum Gasteiger partial charge on any atom is -0.486 e. The quantitative estimate of drug-likeness (QED) is 0.860. The molecule has 0 saturated carbocycles. The zero-order chi connectivity index (χ0) is 12.1. The second kappa shape index (κ2) is 5.57. The van der Waals surface area contributed by atoms with E-state index >= 15 is 0 Å². The largest absolute Gasteiger partial charge is 0.486 e. The molecular weight excluding hydrogens is 218 g/mol. The molecule has 4 heteroatoms. The number of fused-ring (bicyclic) bond motifs is 1. The van der Waals surface area contributed by atoms with Crippen LogP contribution in [0.2, 0.25) is 0 Å². The van der Waals surface area contributed by atoms with Gasteiger partial charge in [0.2, 0.25) is 5.91 Å². The molecule has 0 bridgehead atoms. The molecule has 0 aliphatic carbocycles. The molecule has 0 spiro atoms. The van der Waals surface area contributed by atoms with Gasteiger partial charge in [-0.05, 0) is 24.1 Å². The predicted molar refractivity (Wildman–Crippen MR) is 64.4 cm³/mol. The molecular formula is C13H17NO3. The Balaban J connectivity index is 1.99. The van der Waals surface area contributed by atoms with Crippen LogP contribution in [0, 0.1) is 0 Å². The van der Waals surface area contributed by atoms with E-state index in [1.165, 1.54) is 0 Å². The van der Waals surface area contributed by atoms with Gasteiger partial charge in [-0.25, -0.2) is 0 Å². The van der Waals surface area contributed by atoms with E-state index < -0.39 is 0 Å². The molecule has 1 N–H and O–H groups in total. The molecule has 1 heterocycles. The van der Waals surface area contributed by atoms with Crippen molar-refractivity contribution in [2.24, 2.45) is 0 Å². The lowest BCUT2D eigenvalue weighted by Crippen LogP contribution is -2.25. The summed E-state index contributed by atoms with van der Waals surface area (Å²) in [6.07, 6.45) is 1.34. The van der Waals surface area contributed by atoms with Gasteiger partial charge in [0.05, 0.1) is 6.42 Å². The average molecular weight is 235 g/mol. The van der Waals surface area contributed by atoms with Gasteiger partial charge in [-0.2, -0.15) is 0 Å². The third-order valence-electron chi connectivity index (χ3n) is 2.54. The van der Waals surface area contributed by atoms with Gasteiger partial charge in [-0.15, -0.1) is 0 Å². The molecule has 2 rings (SSSR count). The van der Waals surface area contributed by atoms with Gasteiger partial charge in [-0.3, -0.25) is 4.79 Å². The van der Waals surface area contributed by atoms with Gasteiger partial charge in [0, 0.05) is 6.54 Å². The van der Waals surface area contributed by atoms with Crippen molar-refractivity contribution >= 4 is 5.91 Å². The molecule has 1 amide bonds. The Morgan fingerprint density at radius 1 is 1.29 bits per heavy atom. The summed E-state index contributed by atoms with van der Waals surface area (Å²) in [5, 5.41) is 2.85. The van der Waals surface area contributed by atoms with Crippen molar-refractivity contribution in [2.75, 3.05) is 19.8 Å². The van der Waals surface area contributed by atoms with Crippen molar-refractivity contribution in [3.8, 4) is 11.5 Å². The number of benzene rings is 1. The zero-order valence-corrected chi connectivity index (χ0v) is 9.99. The first-order valence-electron chi connectivity index (χ1n) is 5.95. The molecule has 0 unspecified atom stereocenters. The predicted octanol–water partition coefficient (Wildman–Crippen LogP) is 1.53. The SMILES string of the molecule is CCCNC(=O)Cc1ccc2c(c1)OCCO2. The topological polar surface area (TPSA) is 47.6 Å². The van der Waals surface area contributed by atoms with E-state index in [4.69, 9.17) is 9.47 Å².